The fourth-order valence-electron chi connectivity index (χ4n) is 2.10. The van der Waals surface area contributed by atoms with Gasteiger partial charge in [0, 0.05) is 25.5 Å². The van der Waals surface area contributed by atoms with Crippen molar-refractivity contribution in [3.8, 4) is 0 Å². The predicted octanol–water partition coefficient (Wildman–Crippen LogP) is 3.17. The molecule has 1 aromatic heterocycles. The molecule has 0 spiro atoms. The van der Waals surface area contributed by atoms with Gasteiger partial charge in [0.05, 0.1) is 5.56 Å². The van der Waals surface area contributed by atoms with Gasteiger partial charge in [-0.2, -0.15) is 0 Å². The molecule has 2 N–H and O–H groups in total. The summed E-state index contributed by atoms with van der Waals surface area (Å²) in [5.74, 6) is 1.03. The number of hydrogen-bond donors (Lipinski definition) is 2. The van der Waals surface area contributed by atoms with E-state index in [1.807, 2.05) is 31.2 Å². The zero-order valence-electron chi connectivity index (χ0n) is 14.0. The molecule has 0 aliphatic carbocycles. The molecule has 0 atom stereocenters. The first kappa shape index (κ1) is 16.9. The molecular weight excluding hydrogens is 288 g/mol. The largest absolute Gasteiger partial charge is 0.354 e. The minimum absolute atomic E-state index is 0.165. The number of carbonyl (C=O) groups excluding carboxylic acids is 1. The van der Waals surface area contributed by atoms with Crippen molar-refractivity contribution in [1.82, 2.24) is 15.3 Å². The van der Waals surface area contributed by atoms with Crippen LogP contribution in [-0.2, 0) is 6.54 Å². The zero-order chi connectivity index (χ0) is 16.7. The molecule has 1 aromatic carbocycles. The van der Waals surface area contributed by atoms with E-state index in [9.17, 15) is 4.79 Å². The Morgan fingerprint density at radius 2 is 1.87 bits per heavy atom. The normalized spacial score (nSPS) is 10.6. The minimum Gasteiger partial charge on any atom is -0.354 e. The van der Waals surface area contributed by atoms with Gasteiger partial charge in [-0.1, -0.05) is 38.1 Å². The third-order valence-electron chi connectivity index (χ3n) is 3.62. The number of benzene rings is 1. The minimum atomic E-state index is -0.165. The van der Waals surface area contributed by atoms with Gasteiger partial charge in [0.25, 0.3) is 5.91 Å². The Morgan fingerprint density at radius 3 is 2.52 bits per heavy atom. The average molecular weight is 312 g/mol. The average Bonchev–Trinajstić information content (AvgIpc) is 2.54. The van der Waals surface area contributed by atoms with E-state index in [-0.39, 0.29) is 5.91 Å². The lowest BCUT2D eigenvalue weighted by molar-refractivity contribution is 0.0950. The van der Waals surface area contributed by atoms with Crippen LogP contribution in [0.25, 0.3) is 0 Å². The SMILES string of the molecule is Cc1ccccc1CNC(=O)c1cnc(NCCC(C)C)nc1. The molecular formula is C18H24N4O. The first-order valence-electron chi connectivity index (χ1n) is 7.95. The summed E-state index contributed by atoms with van der Waals surface area (Å²) in [7, 11) is 0. The second kappa shape index (κ2) is 8.27. The van der Waals surface area contributed by atoms with Crippen molar-refractivity contribution >= 4 is 11.9 Å². The van der Waals surface area contributed by atoms with Gasteiger partial charge in [-0.15, -0.1) is 0 Å². The fraction of sp³-hybridized carbons (Fsp3) is 0.389. The maximum atomic E-state index is 12.1. The summed E-state index contributed by atoms with van der Waals surface area (Å²) in [6.45, 7) is 7.70. The monoisotopic (exact) mass is 312 g/mol. The number of nitrogens with one attached hydrogen (secondary N) is 2. The lowest BCUT2D eigenvalue weighted by atomic mass is 10.1. The van der Waals surface area contributed by atoms with Crippen molar-refractivity contribution in [2.75, 3.05) is 11.9 Å². The number of nitrogens with zero attached hydrogens (tertiary/aromatic N) is 2. The molecule has 5 nitrogen and oxygen atoms in total. The van der Waals surface area contributed by atoms with Crippen LogP contribution in [0, 0.1) is 12.8 Å². The molecule has 0 unspecified atom stereocenters. The Bertz CT molecular complexity index is 638. The maximum Gasteiger partial charge on any atom is 0.254 e. The molecule has 23 heavy (non-hydrogen) atoms. The number of hydrogen-bond acceptors (Lipinski definition) is 4. The van der Waals surface area contributed by atoms with Crippen LogP contribution in [0.5, 0.6) is 0 Å². The van der Waals surface area contributed by atoms with Crippen molar-refractivity contribution in [2.24, 2.45) is 5.92 Å². The van der Waals surface area contributed by atoms with Crippen molar-refractivity contribution in [2.45, 2.75) is 33.7 Å². The topological polar surface area (TPSA) is 66.9 Å². The van der Waals surface area contributed by atoms with Gasteiger partial charge < -0.3 is 10.6 Å². The lowest BCUT2D eigenvalue weighted by Crippen LogP contribution is -2.23. The van der Waals surface area contributed by atoms with Crippen LogP contribution in [0.1, 0.15) is 41.8 Å². The van der Waals surface area contributed by atoms with E-state index >= 15 is 0 Å². The molecule has 0 saturated heterocycles. The smallest absolute Gasteiger partial charge is 0.254 e. The summed E-state index contributed by atoms with van der Waals surface area (Å²) in [5, 5.41) is 6.05. The molecule has 1 heterocycles. The van der Waals surface area contributed by atoms with Gasteiger partial charge in [-0.3, -0.25) is 4.79 Å². The van der Waals surface area contributed by atoms with Gasteiger partial charge in [0.1, 0.15) is 0 Å². The van der Waals surface area contributed by atoms with Crippen LogP contribution < -0.4 is 10.6 Å². The quantitative estimate of drug-likeness (QED) is 0.824. The van der Waals surface area contributed by atoms with Crippen LogP contribution in [0.15, 0.2) is 36.7 Å². The Morgan fingerprint density at radius 1 is 1.17 bits per heavy atom. The third kappa shape index (κ3) is 5.36. The molecule has 122 valence electrons. The Balaban J connectivity index is 1.86. The molecule has 0 saturated carbocycles. The van der Waals surface area contributed by atoms with E-state index in [4.69, 9.17) is 0 Å². The fourth-order valence-corrected chi connectivity index (χ4v) is 2.10. The highest BCUT2D eigenvalue weighted by molar-refractivity contribution is 5.93. The highest BCUT2D eigenvalue weighted by Gasteiger charge is 2.07. The first-order valence-corrected chi connectivity index (χ1v) is 7.95. The molecule has 0 fully saturated rings. The number of rotatable bonds is 7. The number of aromatic nitrogens is 2. The van der Waals surface area contributed by atoms with E-state index in [1.165, 1.54) is 0 Å². The summed E-state index contributed by atoms with van der Waals surface area (Å²) in [4.78, 5) is 20.5. The molecule has 5 heteroatoms. The number of anilines is 1. The Labute approximate surface area is 137 Å². The van der Waals surface area contributed by atoms with Gasteiger partial charge in [0.2, 0.25) is 5.95 Å². The van der Waals surface area contributed by atoms with Crippen LogP contribution >= 0.6 is 0 Å². The molecule has 1 amide bonds. The second-order valence-corrected chi connectivity index (χ2v) is 6.01. The summed E-state index contributed by atoms with van der Waals surface area (Å²) >= 11 is 0. The molecule has 0 radical (unpaired) electrons. The number of aryl methyl sites for hydroxylation is 1. The van der Waals surface area contributed by atoms with Crippen LogP contribution in [0.2, 0.25) is 0 Å². The predicted molar refractivity (Wildman–Crippen MR) is 92.3 cm³/mol. The van der Waals surface area contributed by atoms with Crippen molar-refractivity contribution in [3.63, 3.8) is 0 Å². The Hall–Kier alpha value is -2.43. The Kier molecular flexibility index (Phi) is 6.09. The van der Waals surface area contributed by atoms with E-state index in [1.54, 1.807) is 12.4 Å². The number of carbonyl (C=O) groups is 1. The first-order chi connectivity index (χ1) is 11.1. The van der Waals surface area contributed by atoms with Crippen LogP contribution in [-0.4, -0.2) is 22.4 Å². The summed E-state index contributed by atoms with van der Waals surface area (Å²) < 4.78 is 0. The molecule has 0 bridgehead atoms. The van der Waals surface area contributed by atoms with E-state index in [2.05, 4.69) is 34.4 Å². The second-order valence-electron chi connectivity index (χ2n) is 6.01. The van der Waals surface area contributed by atoms with E-state index in [0.29, 0.717) is 24.0 Å². The number of amides is 1. The highest BCUT2D eigenvalue weighted by Crippen LogP contribution is 2.07. The summed E-state index contributed by atoms with van der Waals surface area (Å²) in [5.41, 5.74) is 2.73. The van der Waals surface area contributed by atoms with Crippen molar-refractivity contribution in [1.29, 1.82) is 0 Å². The van der Waals surface area contributed by atoms with E-state index < -0.39 is 0 Å². The molecule has 0 aliphatic rings. The highest BCUT2D eigenvalue weighted by atomic mass is 16.1. The van der Waals surface area contributed by atoms with Gasteiger partial charge >= 0.3 is 0 Å². The maximum absolute atomic E-state index is 12.1. The standard InChI is InChI=1S/C18H24N4O/c1-13(2)8-9-19-18-21-11-16(12-22-18)17(23)20-10-15-7-5-4-6-14(15)3/h4-7,11-13H,8-10H2,1-3H3,(H,20,23)(H,19,21,22). The van der Waals surface area contributed by atoms with Crippen molar-refractivity contribution in [3.05, 3.63) is 53.3 Å². The van der Waals surface area contributed by atoms with Gasteiger partial charge in [-0.05, 0) is 30.4 Å². The third-order valence-corrected chi connectivity index (χ3v) is 3.62. The van der Waals surface area contributed by atoms with Gasteiger partial charge in [-0.25, -0.2) is 9.97 Å². The summed E-state index contributed by atoms with van der Waals surface area (Å²) in [6.07, 6.45) is 4.16. The van der Waals surface area contributed by atoms with E-state index in [0.717, 1.165) is 24.1 Å². The van der Waals surface area contributed by atoms with Crippen molar-refractivity contribution < 1.29 is 4.79 Å². The molecule has 0 aliphatic heterocycles. The summed E-state index contributed by atoms with van der Waals surface area (Å²) in [6, 6.07) is 7.99. The lowest BCUT2D eigenvalue weighted by Gasteiger charge is -2.09. The zero-order valence-corrected chi connectivity index (χ0v) is 14.0. The molecule has 2 rings (SSSR count). The van der Waals surface area contributed by atoms with Crippen LogP contribution in [0.3, 0.4) is 0 Å². The van der Waals surface area contributed by atoms with Crippen LogP contribution in [0.4, 0.5) is 5.95 Å². The van der Waals surface area contributed by atoms with Gasteiger partial charge in [0.15, 0.2) is 0 Å². The molecule has 2 aromatic rings.